The lowest BCUT2D eigenvalue weighted by Crippen LogP contribution is -2.36. The second kappa shape index (κ2) is 7.20. The first-order valence-corrected chi connectivity index (χ1v) is 7.63. The van der Waals surface area contributed by atoms with Gasteiger partial charge in [-0.05, 0) is 6.07 Å². The van der Waals surface area contributed by atoms with E-state index in [9.17, 15) is 27.2 Å². The van der Waals surface area contributed by atoms with Crippen LogP contribution in [-0.4, -0.2) is 42.5 Å². The van der Waals surface area contributed by atoms with E-state index in [1.165, 1.54) is 0 Å². The van der Waals surface area contributed by atoms with Crippen molar-refractivity contribution in [2.45, 2.75) is 12.5 Å². The number of urea groups is 1. The molecule has 3 amide bonds. The molecule has 0 saturated carbocycles. The van der Waals surface area contributed by atoms with Crippen LogP contribution in [0.4, 0.5) is 28.0 Å². The Kier molecular flexibility index (Phi) is 5.57. The number of amides is 3. The molecule has 2 rings (SSSR count). The standard InChI is InChI=1S/C14H11Cl2F4N3O3/c1-6(11(21)24)22-2-3-23(13(22)25)9-5-10(8(16)4-7(9)15)26-14(19,20)12(17)18/h4-5,12H,1-3H2,(H2,21,24). The lowest BCUT2D eigenvalue weighted by Gasteiger charge is -2.22. The second-order valence-electron chi connectivity index (χ2n) is 5.10. The Bertz CT molecular complexity index is 776. The maximum atomic E-state index is 13.1. The molecule has 12 heteroatoms. The number of alkyl halides is 4. The molecule has 26 heavy (non-hydrogen) atoms. The van der Waals surface area contributed by atoms with E-state index in [0.717, 1.165) is 21.9 Å². The number of anilines is 1. The van der Waals surface area contributed by atoms with Gasteiger partial charge in [0.1, 0.15) is 11.4 Å². The minimum atomic E-state index is -4.80. The summed E-state index contributed by atoms with van der Waals surface area (Å²) in [6.07, 6.45) is -8.89. The fraction of sp³-hybridized carbons (Fsp3) is 0.286. The van der Waals surface area contributed by atoms with Gasteiger partial charge in [0.2, 0.25) is 0 Å². The van der Waals surface area contributed by atoms with Crippen molar-refractivity contribution >= 4 is 40.8 Å². The van der Waals surface area contributed by atoms with Crippen LogP contribution in [0.3, 0.4) is 0 Å². The number of nitrogens with zero attached hydrogens (tertiary/aromatic N) is 2. The maximum Gasteiger partial charge on any atom is 0.461 e. The number of benzene rings is 1. The van der Waals surface area contributed by atoms with E-state index in [0.29, 0.717) is 0 Å². The SMILES string of the molecule is C=C(C(N)=O)N1CCN(c2cc(OC(F)(F)C(F)F)c(Cl)cc2Cl)C1=O. The molecule has 6 nitrogen and oxygen atoms in total. The molecule has 2 N–H and O–H groups in total. The summed E-state index contributed by atoms with van der Waals surface area (Å²) in [5.41, 5.74) is 4.67. The van der Waals surface area contributed by atoms with Crippen molar-refractivity contribution in [1.82, 2.24) is 4.90 Å². The predicted octanol–water partition coefficient (Wildman–Crippen LogP) is 3.47. The summed E-state index contributed by atoms with van der Waals surface area (Å²) in [5, 5.41) is -0.577. The fourth-order valence-corrected chi connectivity index (χ4v) is 2.66. The van der Waals surface area contributed by atoms with Gasteiger partial charge in [-0.25, -0.2) is 4.79 Å². The average molecular weight is 416 g/mol. The summed E-state index contributed by atoms with van der Waals surface area (Å²) < 4.78 is 54.9. The highest BCUT2D eigenvalue weighted by molar-refractivity contribution is 6.37. The summed E-state index contributed by atoms with van der Waals surface area (Å²) in [4.78, 5) is 25.5. The Morgan fingerprint density at radius 3 is 2.42 bits per heavy atom. The van der Waals surface area contributed by atoms with Crippen LogP contribution < -0.4 is 15.4 Å². The van der Waals surface area contributed by atoms with Gasteiger partial charge in [-0.3, -0.25) is 14.6 Å². The Morgan fingerprint density at radius 1 is 1.27 bits per heavy atom. The first-order chi connectivity index (χ1) is 12.0. The van der Waals surface area contributed by atoms with Gasteiger partial charge < -0.3 is 10.5 Å². The lowest BCUT2D eigenvalue weighted by atomic mass is 10.2. The van der Waals surface area contributed by atoms with E-state index in [1.807, 2.05) is 0 Å². The number of hydrogen-bond donors (Lipinski definition) is 1. The average Bonchev–Trinajstić information content (AvgIpc) is 2.90. The summed E-state index contributed by atoms with van der Waals surface area (Å²) in [7, 11) is 0. The molecule has 0 unspecified atom stereocenters. The number of nitrogens with two attached hydrogens (primary N) is 1. The third-order valence-corrected chi connectivity index (χ3v) is 4.01. The van der Waals surface area contributed by atoms with Crippen LogP contribution in [-0.2, 0) is 4.79 Å². The van der Waals surface area contributed by atoms with Crippen LogP contribution in [0.2, 0.25) is 10.0 Å². The fourth-order valence-electron chi connectivity index (χ4n) is 2.14. The maximum absolute atomic E-state index is 13.1. The molecule has 1 aliphatic rings. The van der Waals surface area contributed by atoms with E-state index >= 15 is 0 Å². The highest BCUT2D eigenvalue weighted by atomic mass is 35.5. The van der Waals surface area contributed by atoms with Crippen molar-refractivity contribution < 1.29 is 31.9 Å². The molecule has 1 aliphatic heterocycles. The first-order valence-electron chi connectivity index (χ1n) is 6.87. The predicted molar refractivity (Wildman–Crippen MR) is 85.8 cm³/mol. The topological polar surface area (TPSA) is 75.9 Å². The third kappa shape index (κ3) is 3.80. The number of halogens is 6. The monoisotopic (exact) mass is 415 g/mol. The Hall–Kier alpha value is -2.20. The number of primary amides is 1. The Labute approximate surface area is 154 Å². The van der Waals surface area contributed by atoms with Gasteiger partial charge in [0.05, 0.1) is 15.7 Å². The largest absolute Gasteiger partial charge is 0.461 e. The number of carbonyl (C=O) groups is 2. The van der Waals surface area contributed by atoms with Gasteiger partial charge in [-0.15, -0.1) is 0 Å². The zero-order chi connectivity index (χ0) is 19.8. The molecule has 0 radical (unpaired) electrons. The summed E-state index contributed by atoms with van der Waals surface area (Å²) >= 11 is 11.7. The van der Waals surface area contributed by atoms with Gasteiger partial charge in [-0.2, -0.15) is 17.6 Å². The minimum Gasteiger partial charge on any atom is -0.427 e. The van der Waals surface area contributed by atoms with Crippen molar-refractivity contribution in [1.29, 1.82) is 0 Å². The van der Waals surface area contributed by atoms with Crippen LogP contribution in [0.25, 0.3) is 0 Å². The molecule has 142 valence electrons. The van der Waals surface area contributed by atoms with E-state index < -0.39 is 35.2 Å². The molecule has 0 aromatic heterocycles. The van der Waals surface area contributed by atoms with E-state index in [1.54, 1.807) is 0 Å². The molecule has 1 fully saturated rings. The van der Waals surface area contributed by atoms with E-state index in [4.69, 9.17) is 28.9 Å². The van der Waals surface area contributed by atoms with Crippen molar-refractivity contribution in [2.75, 3.05) is 18.0 Å². The highest BCUT2D eigenvalue weighted by Gasteiger charge is 2.44. The van der Waals surface area contributed by atoms with E-state index in [-0.39, 0.29) is 29.5 Å². The van der Waals surface area contributed by atoms with Crippen LogP contribution in [0.1, 0.15) is 0 Å². The minimum absolute atomic E-state index is 0.00281. The smallest absolute Gasteiger partial charge is 0.427 e. The number of rotatable bonds is 6. The van der Waals surface area contributed by atoms with E-state index in [2.05, 4.69) is 11.3 Å². The molecule has 1 heterocycles. The summed E-state index contributed by atoms with van der Waals surface area (Å²) in [6.45, 7) is 3.39. The Balaban J connectivity index is 2.36. The molecule has 1 aromatic rings. The number of hydrogen-bond acceptors (Lipinski definition) is 3. The summed E-state index contributed by atoms with van der Waals surface area (Å²) in [5.74, 6) is -1.72. The van der Waals surface area contributed by atoms with Crippen molar-refractivity contribution in [3.63, 3.8) is 0 Å². The molecular formula is C14H11Cl2F4N3O3. The van der Waals surface area contributed by atoms with Crippen LogP contribution >= 0.6 is 23.2 Å². The summed E-state index contributed by atoms with van der Waals surface area (Å²) in [6, 6.07) is 1.04. The highest BCUT2D eigenvalue weighted by Crippen LogP contribution is 2.40. The first kappa shape index (κ1) is 20.1. The van der Waals surface area contributed by atoms with Gasteiger partial charge >= 0.3 is 18.6 Å². The quantitative estimate of drug-likeness (QED) is 0.570. The third-order valence-electron chi connectivity index (χ3n) is 3.41. The van der Waals surface area contributed by atoms with Gasteiger partial charge in [-0.1, -0.05) is 29.8 Å². The van der Waals surface area contributed by atoms with Crippen molar-refractivity contribution in [2.24, 2.45) is 5.73 Å². The lowest BCUT2D eigenvalue weighted by molar-refractivity contribution is -0.253. The zero-order valence-electron chi connectivity index (χ0n) is 12.8. The molecule has 0 aliphatic carbocycles. The second-order valence-corrected chi connectivity index (χ2v) is 5.91. The Morgan fingerprint density at radius 2 is 1.88 bits per heavy atom. The van der Waals surface area contributed by atoms with Crippen LogP contribution in [0.15, 0.2) is 24.4 Å². The number of ether oxygens (including phenoxy) is 1. The van der Waals surface area contributed by atoms with Crippen molar-refractivity contribution in [3.8, 4) is 5.75 Å². The van der Waals surface area contributed by atoms with Gasteiger partial charge in [0.15, 0.2) is 0 Å². The molecule has 0 atom stereocenters. The van der Waals surface area contributed by atoms with Gasteiger partial charge in [0.25, 0.3) is 5.91 Å². The molecule has 0 spiro atoms. The zero-order valence-corrected chi connectivity index (χ0v) is 14.3. The molecule has 0 bridgehead atoms. The van der Waals surface area contributed by atoms with Crippen LogP contribution in [0.5, 0.6) is 5.75 Å². The normalized spacial score (nSPS) is 15.0. The van der Waals surface area contributed by atoms with Crippen LogP contribution in [0, 0.1) is 0 Å². The molecule has 1 aromatic carbocycles. The number of carbonyl (C=O) groups excluding carboxylic acids is 2. The van der Waals surface area contributed by atoms with Crippen molar-refractivity contribution in [3.05, 3.63) is 34.5 Å². The molecule has 1 saturated heterocycles. The molecular weight excluding hydrogens is 405 g/mol. The van der Waals surface area contributed by atoms with Gasteiger partial charge in [0, 0.05) is 19.2 Å².